The lowest BCUT2D eigenvalue weighted by molar-refractivity contribution is 0.987. The number of nitrogens with zero attached hydrogens (tertiary/aromatic N) is 1. The fourth-order valence-corrected chi connectivity index (χ4v) is 2.72. The highest BCUT2D eigenvalue weighted by molar-refractivity contribution is 9.10. The van der Waals surface area contributed by atoms with E-state index in [-0.39, 0.29) is 0 Å². The summed E-state index contributed by atoms with van der Waals surface area (Å²) in [4.78, 5) is 5.54. The maximum Gasteiger partial charge on any atom is 0.105 e. The first-order valence-corrected chi connectivity index (χ1v) is 6.48. The van der Waals surface area contributed by atoms with Gasteiger partial charge in [0.15, 0.2) is 0 Å². The second-order valence-corrected chi connectivity index (χ2v) is 5.64. The van der Waals surface area contributed by atoms with Crippen molar-refractivity contribution < 1.29 is 0 Å². The second kappa shape index (κ2) is 4.71. The number of fused-ring (bicyclic) bond motifs is 1. The maximum atomic E-state index is 5.61. The molecule has 0 amide bonds. The summed E-state index contributed by atoms with van der Waals surface area (Å²) in [5.74, 6) is 0. The van der Waals surface area contributed by atoms with Crippen LogP contribution in [0.4, 0.5) is 0 Å². The molecule has 84 valence electrons. The Hall–Kier alpha value is -0.620. The van der Waals surface area contributed by atoms with Crippen molar-refractivity contribution in [3.8, 4) is 0 Å². The molecule has 1 aromatic heterocycles. The number of nitrogens with two attached hydrogens (primary N) is 2. The first-order valence-electron chi connectivity index (χ1n) is 4.81. The molecule has 1 aromatic carbocycles. The highest BCUT2D eigenvalue weighted by Gasteiger charge is 2.07. The summed E-state index contributed by atoms with van der Waals surface area (Å²) in [5, 5.41) is 1.07. The number of halogens is 1. The molecular weight excluding hydrogens is 286 g/mol. The van der Waals surface area contributed by atoms with E-state index in [0.717, 1.165) is 26.0 Å². The zero-order chi connectivity index (χ0) is 11.7. The summed E-state index contributed by atoms with van der Waals surface area (Å²) in [6, 6.07) is 8.00. The molecule has 0 aliphatic rings. The van der Waals surface area contributed by atoms with Crippen LogP contribution in [0, 0.1) is 6.92 Å². The van der Waals surface area contributed by atoms with Crippen LogP contribution in [-0.2, 0) is 0 Å². The lowest BCUT2D eigenvalue weighted by Crippen LogP contribution is -2.25. The topological polar surface area (TPSA) is 64.9 Å². The SMILES string of the molecule is Cc1cc(SC(N)N)c2cc(Br)ccc2n1. The molecule has 0 aliphatic heterocycles. The summed E-state index contributed by atoms with van der Waals surface area (Å²) in [6.45, 7) is 1.97. The van der Waals surface area contributed by atoms with Crippen LogP contribution < -0.4 is 11.5 Å². The third kappa shape index (κ3) is 2.55. The third-order valence-corrected chi connectivity index (χ3v) is 3.48. The molecular formula is C11H12BrN3S. The van der Waals surface area contributed by atoms with Gasteiger partial charge in [-0.1, -0.05) is 27.7 Å². The van der Waals surface area contributed by atoms with Crippen LogP contribution in [0.3, 0.4) is 0 Å². The molecule has 16 heavy (non-hydrogen) atoms. The fourth-order valence-electron chi connectivity index (χ4n) is 1.54. The Morgan fingerprint density at radius 3 is 2.75 bits per heavy atom. The molecule has 2 aromatic rings. The van der Waals surface area contributed by atoms with Crippen molar-refractivity contribution in [1.29, 1.82) is 0 Å². The molecule has 0 saturated carbocycles. The molecule has 3 nitrogen and oxygen atoms in total. The Bertz CT molecular complexity index is 528. The Kier molecular flexibility index (Phi) is 3.49. The van der Waals surface area contributed by atoms with E-state index in [9.17, 15) is 0 Å². The van der Waals surface area contributed by atoms with Crippen molar-refractivity contribution in [3.63, 3.8) is 0 Å². The first-order chi connectivity index (χ1) is 7.56. The van der Waals surface area contributed by atoms with Gasteiger partial charge < -0.3 is 11.5 Å². The minimum atomic E-state index is -0.413. The molecule has 2 rings (SSSR count). The van der Waals surface area contributed by atoms with Gasteiger partial charge in [0, 0.05) is 20.4 Å². The summed E-state index contributed by atoms with van der Waals surface area (Å²) in [7, 11) is 0. The molecule has 4 N–H and O–H groups in total. The number of pyridine rings is 1. The van der Waals surface area contributed by atoms with Gasteiger partial charge in [0.25, 0.3) is 0 Å². The fraction of sp³-hybridized carbons (Fsp3) is 0.182. The minimum Gasteiger partial charge on any atom is -0.307 e. The van der Waals surface area contributed by atoms with Crippen molar-refractivity contribution in [2.24, 2.45) is 11.5 Å². The maximum absolute atomic E-state index is 5.61. The van der Waals surface area contributed by atoms with E-state index in [2.05, 4.69) is 20.9 Å². The smallest absolute Gasteiger partial charge is 0.105 e. The van der Waals surface area contributed by atoms with Crippen molar-refractivity contribution in [1.82, 2.24) is 4.98 Å². The van der Waals surface area contributed by atoms with Crippen LogP contribution >= 0.6 is 27.7 Å². The van der Waals surface area contributed by atoms with Crippen LogP contribution in [0.5, 0.6) is 0 Å². The minimum absolute atomic E-state index is 0.413. The van der Waals surface area contributed by atoms with E-state index in [0.29, 0.717) is 0 Å². The van der Waals surface area contributed by atoms with E-state index < -0.39 is 5.50 Å². The molecule has 0 radical (unpaired) electrons. The molecule has 5 heteroatoms. The molecule has 0 atom stereocenters. The van der Waals surface area contributed by atoms with Gasteiger partial charge in [-0.2, -0.15) is 0 Å². The molecule has 0 aliphatic carbocycles. The van der Waals surface area contributed by atoms with E-state index in [1.165, 1.54) is 11.8 Å². The van der Waals surface area contributed by atoms with Gasteiger partial charge in [-0.3, -0.25) is 4.98 Å². The normalized spacial score (nSPS) is 11.3. The lowest BCUT2D eigenvalue weighted by atomic mass is 10.2. The van der Waals surface area contributed by atoms with Gasteiger partial charge in [-0.05, 0) is 31.2 Å². The monoisotopic (exact) mass is 297 g/mol. The summed E-state index contributed by atoms with van der Waals surface area (Å²) in [6.07, 6.45) is 0. The molecule has 0 unspecified atom stereocenters. The van der Waals surface area contributed by atoms with Gasteiger partial charge in [0.2, 0.25) is 0 Å². The zero-order valence-corrected chi connectivity index (χ0v) is 11.2. The largest absolute Gasteiger partial charge is 0.307 e. The zero-order valence-electron chi connectivity index (χ0n) is 8.77. The molecule has 0 fully saturated rings. The van der Waals surface area contributed by atoms with Gasteiger partial charge in [-0.25, -0.2) is 0 Å². The number of hydrogen-bond donors (Lipinski definition) is 2. The van der Waals surface area contributed by atoms with Crippen molar-refractivity contribution in [2.75, 3.05) is 0 Å². The standard InChI is InChI=1S/C11H12BrN3S/c1-6-4-10(16-11(13)14)8-5-7(12)2-3-9(8)15-6/h2-5,11H,13-14H2,1H3. The Morgan fingerprint density at radius 2 is 2.06 bits per heavy atom. The van der Waals surface area contributed by atoms with Crippen LogP contribution in [0.2, 0.25) is 0 Å². The van der Waals surface area contributed by atoms with Gasteiger partial charge in [0.1, 0.15) is 5.50 Å². The van der Waals surface area contributed by atoms with Crippen LogP contribution in [0.1, 0.15) is 5.69 Å². The van der Waals surface area contributed by atoms with Crippen LogP contribution in [0.25, 0.3) is 10.9 Å². The number of aromatic nitrogens is 1. The van der Waals surface area contributed by atoms with E-state index in [1.54, 1.807) is 0 Å². The van der Waals surface area contributed by atoms with Gasteiger partial charge in [-0.15, -0.1) is 0 Å². The van der Waals surface area contributed by atoms with E-state index in [1.807, 2.05) is 31.2 Å². The predicted molar refractivity (Wildman–Crippen MR) is 72.2 cm³/mol. The quantitative estimate of drug-likeness (QED) is 0.661. The molecule has 0 spiro atoms. The number of benzene rings is 1. The van der Waals surface area contributed by atoms with Gasteiger partial charge in [0.05, 0.1) is 5.52 Å². The molecule has 0 saturated heterocycles. The van der Waals surface area contributed by atoms with Gasteiger partial charge >= 0.3 is 0 Å². The number of hydrogen-bond acceptors (Lipinski definition) is 4. The highest BCUT2D eigenvalue weighted by Crippen LogP contribution is 2.30. The van der Waals surface area contributed by atoms with E-state index in [4.69, 9.17) is 11.5 Å². The number of aryl methyl sites for hydroxylation is 1. The lowest BCUT2D eigenvalue weighted by Gasteiger charge is -2.10. The van der Waals surface area contributed by atoms with E-state index >= 15 is 0 Å². The average Bonchev–Trinajstić information content (AvgIpc) is 2.18. The summed E-state index contributed by atoms with van der Waals surface area (Å²) < 4.78 is 1.03. The number of thioether (sulfide) groups is 1. The Balaban J connectivity index is 2.64. The molecule has 0 bridgehead atoms. The second-order valence-electron chi connectivity index (χ2n) is 3.51. The number of rotatable bonds is 2. The Morgan fingerprint density at radius 1 is 1.31 bits per heavy atom. The molecule has 1 heterocycles. The van der Waals surface area contributed by atoms with Crippen LogP contribution in [-0.4, -0.2) is 10.5 Å². The summed E-state index contributed by atoms with van der Waals surface area (Å²) in [5.41, 5.74) is 12.7. The highest BCUT2D eigenvalue weighted by atomic mass is 79.9. The average molecular weight is 298 g/mol. The third-order valence-electron chi connectivity index (χ3n) is 2.12. The van der Waals surface area contributed by atoms with Crippen molar-refractivity contribution >= 4 is 38.6 Å². The van der Waals surface area contributed by atoms with Crippen molar-refractivity contribution in [2.45, 2.75) is 17.3 Å². The first kappa shape index (κ1) is 11.9. The predicted octanol–water partition coefficient (Wildman–Crippen LogP) is 2.60. The summed E-state index contributed by atoms with van der Waals surface area (Å²) >= 11 is 4.90. The van der Waals surface area contributed by atoms with Crippen molar-refractivity contribution in [3.05, 3.63) is 34.4 Å². The Labute approximate surface area is 107 Å². The van der Waals surface area contributed by atoms with Crippen LogP contribution in [0.15, 0.2) is 33.6 Å².